The second-order valence-corrected chi connectivity index (χ2v) is 18.8. The fourth-order valence-electron chi connectivity index (χ4n) is 7.55. The molecule has 1 aliphatic rings. The van der Waals surface area contributed by atoms with E-state index >= 15 is 0 Å². The molecule has 6 atom stereocenters. The van der Waals surface area contributed by atoms with Gasteiger partial charge in [-0.05, 0) is 89.9 Å². The zero-order valence-electron chi connectivity index (χ0n) is 42.1. The van der Waals surface area contributed by atoms with Crippen molar-refractivity contribution in [3.05, 3.63) is 85.1 Å². The molecule has 0 radical (unpaired) electrons. The lowest BCUT2D eigenvalue weighted by atomic mass is 9.99. The monoisotopic (exact) mass is 979 g/mol. The minimum Gasteiger partial charge on any atom is -0.457 e. The lowest BCUT2D eigenvalue weighted by Gasteiger charge is -2.41. The minimum atomic E-state index is -5.07. The third-order valence-electron chi connectivity index (χ3n) is 11.5. The van der Waals surface area contributed by atoms with Gasteiger partial charge in [-0.1, -0.05) is 182 Å². The molecule has 12 nitrogen and oxygen atoms in total. The van der Waals surface area contributed by atoms with Crippen LogP contribution in [-0.4, -0.2) is 97.5 Å². The number of rotatable bonds is 45. The van der Waals surface area contributed by atoms with Crippen LogP contribution >= 0.6 is 0 Å². The van der Waals surface area contributed by atoms with Crippen molar-refractivity contribution >= 4 is 16.4 Å². The fraction of sp³-hybridized carbons (Fsp3) is 0.727. The quantitative estimate of drug-likeness (QED) is 0.0197. The maximum atomic E-state index is 12.9. The first-order valence-corrected chi connectivity index (χ1v) is 27.7. The minimum absolute atomic E-state index is 0.0227. The Morgan fingerprint density at radius 2 is 1.01 bits per heavy atom. The van der Waals surface area contributed by atoms with E-state index in [1.165, 1.54) is 64.2 Å². The van der Waals surface area contributed by atoms with E-state index in [1.807, 2.05) is 0 Å². The summed E-state index contributed by atoms with van der Waals surface area (Å²) in [5, 5.41) is 30.8. The van der Waals surface area contributed by atoms with Crippen LogP contribution in [0.1, 0.15) is 194 Å². The Morgan fingerprint density at radius 1 is 0.574 bits per heavy atom. The van der Waals surface area contributed by atoms with Crippen LogP contribution in [0.4, 0.5) is 0 Å². The molecule has 0 spiro atoms. The van der Waals surface area contributed by atoms with E-state index in [9.17, 15) is 33.1 Å². The highest BCUT2D eigenvalue weighted by Crippen LogP contribution is 2.26. The maximum absolute atomic E-state index is 12.9. The first kappa shape index (κ1) is 63.3. The molecule has 0 bridgehead atoms. The molecule has 0 aromatic rings. The predicted octanol–water partition coefficient (Wildman–Crippen LogP) is 12.4. The van der Waals surface area contributed by atoms with Gasteiger partial charge in [-0.25, -0.2) is 4.18 Å². The fourth-order valence-corrected chi connectivity index (χ4v) is 8.06. The molecule has 1 fully saturated rings. The van der Waals surface area contributed by atoms with Crippen LogP contribution < -0.4 is 0 Å². The average Bonchev–Trinajstić information content (AvgIpc) is 3.31. The Balaban J connectivity index is 2.37. The molecule has 0 saturated carbocycles. The molecule has 1 heterocycles. The number of unbranched alkanes of at least 4 members (excludes halogenated alkanes) is 18. The summed E-state index contributed by atoms with van der Waals surface area (Å²) in [4.78, 5) is 12.9. The highest BCUT2D eigenvalue weighted by Gasteiger charge is 2.48. The Morgan fingerprint density at radius 3 is 1.49 bits per heavy atom. The van der Waals surface area contributed by atoms with Gasteiger partial charge in [0.1, 0.15) is 30.5 Å². The summed E-state index contributed by atoms with van der Waals surface area (Å²) in [6.45, 7) is 3.83. The molecule has 4 N–H and O–H groups in total. The highest BCUT2D eigenvalue weighted by molar-refractivity contribution is 7.80. The van der Waals surface area contributed by atoms with Gasteiger partial charge in [0.15, 0.2) is 6.29 Å². The zero-order chi connectivity index (χ0) is 49.6. The third-order valence-corrected chi connectivity index (χ3v) is 12.0. The third kappa shape index (κ3) is 38.1. The first-order chi connectivity index (χ1) is 33.1. The van der Waals surface area contributed by atoms with Gasteiger partial charge in [0, 0.05) is 13.0 Å². The SMILES string of the molecule is CC/C=C\C/C=C\C/C=C\C/C=C\C/C=C\CCCCCCCCCC(=O)OC(COCCCCCCCCCC/C=C\C/C=C\CCCCC)COC1OC(CO)C(O)C(OS(=O)(=O)O)C1O. The van der Waals surface area contributed by atoms with Gasteiger partial charge in [0.05, 0.1) is 19.8 Å². The molecule has 0 aliphatic carbocycles. The van der Waals surface area contributed by atoms with Gasteiger partial charge in [0.2, 0.25) is 0 Å². The van der Waals surface area contributed by atoms with Gasteiger partial charge < -0.3 is 34.3 Å². The number of ether oxygens (including phenoxy) is 4. The van der Waals surface area contributed by atoms with Gasteiger partial charge >= 0.3 is 16.4 Å². The molecular weight excluding hydrogens is 885 g/mol. The standard InChI is InChI=1S/C55H94O12S/c1-3-5-7-9-11-13-15-17-19-21-23-24-25-26-27-28-30-32-34-36-38-40-42-44-51(57)65-49(48-64-55-53(59)54(67-68(60,61)62)52(58)50(46-56)66-55)47-63-45-43-41-39-37-35-33-31-29-22-20-18-16-14-12-10-8-6-4-2/h5,7,11-14,17-20,23-24,26-27,49-50,52-56,58-59H,3-4,6,8-10,15-16,21-22,25,28-48H2,1-2H3,(H,60,61,62)/b7-5-,13-11-,14-12-,19-17-,20-18-,24-23-,27-26-. The first-order valence-electron chi connectivity index (χ1n) is 26.3. The normalized spacial score (nSPS) is 20.0. The summed E-state index contributed by atoms with van der Waals surface area (Å²) in [7, 11) is -5.07. The van der Waals surface area contributed by atoms with Gasteiger partial charge in [0.25, 0.3) is 0 Å². The van der Waals surface area contributed by atoms with Crippen molar-refractivity contribution in [3.8, 4) is 0 Å². The van der Waals surface area contributed by atoms with E-state index < -0.39 is 59.8 Å². The largest absolute Gasteiger partial charge is 0.457 e. The smallest absolute Gasteiger partial charge is 0.397 e. The van der Waals surface area contributed by atoms with Crippen molar-refractivity contribution in [1.29, 1.82) is 0 Å². The Hall–Kier alpha value is -2.72. The highest BCUT2D eigenvalue weighted by atomic mass is 32.3. The summed E-state index contributed by atoms with van der Waals surface area (Å²) < 4.78 is 59.3. The number of hydrogen-bond acceptors (Lipinski definition) is 11. The van der Waals surface area contributed by atoms with Crippen LogP contribution in [0.2, 0.25) is 0 Å². The van der Waals surface area contributed by atoms with Crippen LogP contribution in [0.3, 0.4) is 0 Å². The Bertz CT molecular complexity index is 1500. The molecule has 1 aliphatic heterocycles. The Kier molecular flexibility index (Phi) is 42.3. The van der Waals surface area contributed by atoms with E-state index in [4.69, 9.17) is 18.9 Å². The van der Waals surface area contributed by atoms with Gasteiger partial charge in [-0.2, -0.15) is 8.42 Å². The number of allylic oxidation sites excluding steroid dienone is 14. The molecule has 6 unspecified atom stereocenters. The summed E-state index contributed by atoms with van der Waals surface area (Å²) >= 11 is 0. The van der Waals surface area contributed by atoms with Crippen LogP contribution in [0.15, 0.2) is 85.1 Å². The number of carbonyl (C=O) groups is 1. The predicted molar refractivity (Wildman–Crippen MR) is 275 cm³/mol. The van der Waals surface area contributed by atoms with Crippen LogP contribution in [-0.2, 0) is 38.3 Å². The molecule has 1 saturated heterocycles. The van der Waals surface area contributed by atoms with Crippen LogP contribution in [0.5, 0.6) is 0 Å². The van der Waals surface area contributed by atoms with Crippen molar-refractivity contribution in [2.45, 2.75) is 230 Å². The van der Waals surface area contributed by atoms with Crippen LogP contribution in [0.25, 0.3) is 0 Å². The summed E-state index contributed by atoms with van der Waals surface area (Å²) in [5.74, 6) is -0.415. The van der Waals surface area contributed by atoms with E-state index in [-0.39, 0.29) is 19.6 Å². The number of hydrogen-bond donors (Lipinski definition) is 4. The van der Waals surface area contributed by atoms with E-state index in [0.717, 1.165) is 103 Å². The second kappa shape index (κ2) is 45.4. The second-order valence-electron chi connectivity index (χ2n) is 17.7. The number of aliphatic hydroxyl groups is 3. The molecule has 1 rings (SSSR count). The summed E-state index contributed by atoms with van der Waals surface area (Å²) in [6.07, 6.45) is 51.7. The topological polar surface area (TPSA) is 178 Å². The van der Waals surface area contributed by atoms with Crippen molar-refractivity contribution in [3.63, 3.8) is 0 Å². The molecule has 13 heteroatoms. The van der Waals surface area contributed by atoms with E-state index in [2.05, 4.69) is 103 Å². The van der Waals surface area contributed by atoms with Crippen molar-refractivity contribution in [2.24, 2.45) is 0 Å². The van der Waals surface area contributed by atoms with E-state index in [1.54, 1.807) is 0 Å². The lowest BCUT2D eigenvalue weighted by molar-refractivity contribution is -0.301. The lowest BCUT2D eigenvalue weighted by Crippen LogP contribution is -2.60. The maximum Gasteiger partial charge on any atom is 0.397 e. The number of aliphatic hydroxyl groups excluding tert-OH is 3. The van der Waals surface area contributed by atoms with Crippen molar-refractivity contribution < 1.29 is 56.2 Å². The molecule has 0 aromatic carbocycles. The van der Waals surface area contributed by atoms with Crippen LogP contribution in [0, 0.1) is 0 Å². The summed E-state index contributed by atoms with van der Waals surface area (Å²) in [5.41, 5.74) is 0. The zero-order valence-corrected chi connectivity index (χ0v) is 43.0. The molecule has 0 aromatic heterocycles. The number of esters is 1. The van der Waals surface area contributed by atoms with Crippen molar-refractivity contribution in [1.82, 2.24) is 0 Å². The van der Waals surface area contributed by atoms with Gasteiger partial charge in [-0.15, -0.1) is 0 Å². The van der Waals surface area contributed by atoms with Gasteiger partial charge in [-0.3, -0.25) is 9.35 Å². The number of carbonyl (C=O) groups excluding carboxylic acids is 1. The molecule has 0 amide bonds. The Labute approximate surface area is 413 Å². The average molecular weight is 979 g/mol. The molecule has 392 valence electrons. The molecule has 68 heavy (non-hydrogen) atoms. The summed E-state index contributed by atoms with van der Waals surface area (Å²) in [6, 6.07) is 0. The molecular formula is C55H94O12S. The van der Waals surface area contributed by atoms with Crippen molar-refractivity contribution in [2.75, 3.05) is 26.4 Å². The van der Waals surface area contributed by atoms with E-state index in [0.29, 0.717) is 13.0 Å².